The van der Waals surface area contributed by atoms with Crippen LogP contribution in [0, 0.1) is 15.9 Å². The monoisotopic (exact) mass is 267 g/mol. The Morgan fingerprint density at radius 1 is 1.37 bits per heavy atom. The second-order valence-electron chi connectivity index (χ2n) is 4.10. The van der Waals surface area contributed by atoms with Crippen LogP contribution in [0.3, 0.4) is 0 Å². The summed E-state index contributed by atoms with van der Waals surface area (Å²) in [6, 6.07) is 2.62. The molecule has 0 aliphatic rings. The van der Waals surface area contributed by atoms with Crippen molar-refractivity contribution >= 4 is 5.69 Å². The van der Waals surface area contributed by atoms with Crippen LogP contribution >= 0.6 is 0 Å². The quantitative estimate of drug-likeness (QED) is 0.612. The summed E-state index contributed by atoms with van der Waals surface area (Å²) in [7, 11) is 0. The molecular weight excluding hydrogens is 257 g/mol. The molecule has 0 atom stereocenters. The summed E-state index contributed by atoms with van der Waals surface area (Å²) in [5, 5.41) is 17.8. The van der Waals surface area contributed by atoms with E-state index in [0.29, 0.717) is 4.68 Å². The number of rotatable bonds is 3. The number of nitro benzene ring substituents is 1. The predicted octanol–water partition coefficient (Wildman–Crippen LogP) is 1.06. The largest absolute Gasteiger partial charge is 0.368 e. The summed E-state index contributed by atoms with van der Waals surface area (Å²) in [6.45, 7) is 3.43. The zero-order valence-electron chi connectivity index (χ0n) is 10.1. The molecular formula is C10H10FN5O3. The molecule has 8 nitrogen and oxygen atoms in total. The third-order valence-electron chi connectivity index (χ3n) is 2.46. The van der Waals surface area contributed by atoms with Gasteiger partial charge in [0.25, 0.3) is 5.69 Å². The van der Waals surface area contributed by atoms with Gasteiger partial charge < -0.3 is 0 Å². The van der Waals surface area contributed by atoms with Crippen LogP contribution in [0.4, 0.5) is 10.1 Å². The van der Waals surface area contributed by atoms with Crippen LogP contribution in [-0.4, -0.2) is 24.7 Å². The molecule has 1 heterocycles. The molecule has 0 saturated heterocycles. The van der Waals surface area contributed by atoms with E-state index < -0.39 is 16.4 Å². The van der Waals surface area contributed by atoms with Crippen molar-refractivity contribution in [3.05, 3.63) is 44.6 Å². The van der Waals surface area contributed by atoms with Crippen molar-refractivity contribution < 1.29 is 9.31 Å². The van der Waals surface area contributed by atoms with Crippen LogP contribution in [0.2, 0.25) is 0 Å². The molecule has 100 valence electrons. The van der Waals surface area contributed by atoms with E-state index in [1.807, 2.05) is 0 Å². The van der Waals surface area contributed by atoms with Crippen LogP contribution in [-0.2, 0) is 0 Å². The predicted molar refractivity (Wildman–Crippen MR) is 62.6 cm³/mol. The van der Waals surface area contributed by atoms with Crippen molar-refractivity contribution in [2.24, 2.45) is 0 Å². The highest BCUT2D eigenvalue weighted by molar-refractivity contribution is 5.43. The highest BCUT2D eigenvalue weighted by Crippen LogP contribution is 2.18. The molecule has 0 bridgehead atoms. The van der Waals surface area contributed by atoms with Crippen LogP contribution in [0.15, 0.2) is 23.0 Å². The van der Waals surface area contributed by atoms with Gasteiger partial charge in [0.05, 0.1) is 11.0 Å². The summed E-state index contributed by atoms with van der Waals surface area (Å²) in [4.78, 5) is 21.9. The van der Waals surface area contributed by atoms with E-state index in [4.69, 9.17) is 0 Å². The Kier molecular flexibility index (Phi) is 3.11. The molecule has 9 heteroatoms. The second-order valence-corrected chi connectivity index (χ2v) is 4.10. The Morgan fingerprint density at radius 3 is 2.58 bits per heavy atom. The van der Waals surface area contributed by atoms with Crippen molar-refractivity contribution in [3.63, 3.8) is 0 Å². The highest BCUT2D eigenvalue weighted by Gasteiger charge is 2.17. The van der Waals surface area contributed by atoms with Crippen molar-refractivity contribution in [1.82, 2.24) is 19.8 Å². The van der Waals surface area contributed by atoms with E-state index in [1.165, 1.54) is 0 Å². The number of hydrogen-bond donors (Lipinski definition) is 0. The average molecular weight is 267 g/mol. The van der Waals surface area contributed by atoms with Gasteiger partial charge in [-0.1, -0.05) is 0 Å². The minimum atomic E-state index is -0.788. The third-order valence-corrected chi connectivity index (χ3v) is 2.46. The number of tetrazole rings is 1. The lowest BCUT2D eigenvalue weighted by molar-refractivity contribution is -0.384. The van der Waals surface area contributed by atoms with E-state index in [2.05, 4.69) is 10.4 Å². The average Bonchev–Trinajstić information content (AvgIpc) is 2.71. The lowest BCUT2D eigenvalue weighted by atomic mass is 10.2. The molecule has 1 aromatic heterocycles. The lowest BCUT2D eigenvalue weighted by Crippen LogP contribution is -2.26. The number of non-ortho nitro benzene ring substituents is 1. The number of halogens is 1. The summed E-state index contributed by atoms with van der Waals surface area (Å²) in [6.07, 6.45) is 0. The zero-order valence-corrected chi connectivity index (χ0v) is 10.1. The Hall–Kier alpha value is -2.58. The number of nitro groups is 1. The van der Waals surface area contributed by atoms with Crippen molar-refractivity contribution in [3.8, 4) is 5.69 Å². The Bertz CT molecular complexity index is 691. The normalized spacial score (nSPS) is 10.9. The summed E-state index contributed by atoms with van der Waals surface area (Å²) >= 11 is 0. The topological polar surface area (TPSA) is 95.8 Å². The van der Waals surface area contributed by atoms with Gasteiger partial charge in [0.1, 0.15) is 11.5 Å². The molecule has 0 radical (unpaired) electrons. The fourth-order valence-electron chi connectivity index (χ4n) is 1.51. The highest BCUT2D eigenvalue weighted by atomic mass is 19.1. The second kappa shape index (κ2) is 4.59. The van der Waals surface area contributed by atoms with Gasteiger partial charge in [0, 0.05) is 12.1 Å². The molecule has 2 aromatic rings. The maximum absolute atomic E-state index is 13.6. The van der Waals surface area contributed by atoms with Gasteiger partial charge in [0.2, 0.25) is 0 Å². The van der Waals surface area contributed by atoms with E-state index >= 15 is 0 Å². The van der Waals surface area contributed by atoms with Crippen LogP contribution in [0.25, 0.3) is 5.69 Å². The SMILES string of the molecule is CC(C)n1nnn(-c2cc([N+](=O)[O-])ccc2F)c1=O. The van der Waals surface area contributed by atoms with E-state index in [-0.39, 0.29) is 17.4 Å². The molecule has 19 heavy (non-hydrogen) atoms. The maximum Gasteiger partial charge on any atom is 0.368 e. The van der Waals surface area contributed by atoms with E-state index in [1.54, 1.807) is 13.8 Å². The number of aromatic nitrogens is 4. The molecule has 0 unspecified atom stereocenters. The van der Waals surface area contributed by atoms with Gasteiger partial charge in [-0.3, -0.25) is 10.1 Å². The Balaban J connectivity index is 2.62. The first-order valence-electron chi connectivity index (χ1n) is 5.40. The van der Waals surface area contributed by atoms with Crippen LogP contribution < -0.4 is 5.69 Å². The van der Waals surface area contributed by atoms with E-state index in [0.717, 1.165) is 22.9 Å². The Morgan fingerprint density at radius 2 is 2.05 bits per heavy atom. The molecule has 0 saturated carbocycles. The number of hydrogen-bond acceptors (Lipinski definition) is 5. The molecule has 1 aromatic carbocycles. The zero-order chi connectivity index (χ0) is 14.2. The van der Waals surface area contributed by atoms with Gasteiger partial charge in [-0.2, -0.15) is 9.36 Å². The standard InChI is InChI=1S/C10H10FN5O3/c1-6(2)14-10(17)15(13-12-14)9-5-7(16(18)19)3-4-8(9)11/h3-6H,1-2H3. The van der Waals surface area contributed by atoms with Crippen LogP contribution in [0.1, 0.15) is 19.9 Å². The first-order valence-corrected chi connectivity index (χ1v) is 5.40. The van der Waals surface area contributed by atoms with Gasteiger partial charge in [-0.25, -0.2) is 9.18 Å². The minimum absolute atomic E-state index is 0.247. The van der Waals surface area contributed by atoms with Crippen molar-refractivity contribution in [1.29, 1.82) is 0 Å². The molecule has 0 amide bonds. The lowest BCUT2D eigenvalue weighted by Gasteiger charge is -2.02. The fourth-order valence-corrected chi connectivity index (χ4v) is 1.51. The molecule has 0 aliphatic carbocycles. The molecule has 0 spiro atoms. The first kappa shape index (κ1) is 12.9. The fraction of sp³-hybridized carbons (Fsp3) is 0.300. The van der Waals surface area contributed by atoms with Gasteiger partial charge >= 0.3 is 5.69 Å². The third kappa shape index (κ3) is 2.21. The first-order chi connectivity index (χ1) is 8.91. The summed E-state index contributed by atoms with van der Waals surface area (Å²) in [5.74, 6) is -0.788. The van der Waals surface area contributed by atoms with Gasteiger partial charge in [-0.15, -0.1) is 0 Å². The smallest absolute Gasteiger partial charge is 0.258 e. The molecule has 2 rings (SSSR count). The molecule has 0 fully saturated rings. The number of benzene rings is 1. The number of nitrogens with zero attached hydrogens (tertiary/aromatic N) is 5. The summed E-state index contributed by atoms with van der Waals surface area (Å²) < 4.78 is 15.4. The van der Waals surface area contributed by atoms with Crippen molar-refractivity contribution in [2.75, 3.05) is 0 Å². The van der Waals surface area contributed by atoms with Crippen LogP contribution in [0.5, 0.6) is 0 Å². The van der Waals surface area contributed by atoms with Gasteiger partial charge in [-0.05, 0) is 30.3 Å². The van der Waals surface area contributed by atoms with Gasteiger partial charge in [0.15, 0.2) is 0 Å². The minimum Gasteiger partial charge on any atom is -0.258 e. The van der Waals surface area contributed by atoms with E-state index in [9.17, 15) is 19.3 Å². The Labute approximate surface area is 106 Å². The molecule has 0 N–H and O–H groups in total. The molecule has 0 aliphatic heterocycles. The maximum atomic E-state index is 13.6. The summed E-state index contributed by atoms with van der Waals surface area (Å²) in [5.41, 5.74) is -1.29. The van der Waals surface area contributed by atoms with Crippen molar-refractivity contribution in [2.45, 2.75) is 19.9 Å².